The van der Waals surface area contributed by atoms with E-state index in [2.05, 4.69) is 6.92 Å². The Morgan fingerprint density at radius 1 is 1.17 bits per heavy atom. The Morgan fingerprint density at radius 2 is 1.97 bits per heavy atom. The quantitative estimate of drug-likeness (QED) is 0.503. The number of amides is 1. The molecule has 1 heterocycles. The molecular formula is C25H29NO4. The molecule has 1 aliphatic carbocycles. The van der Waals surface area contributed by atoms with Crippen molar-refractivity contribution in [1.29, 1.82) is 0 Å². The SMILES string of the molecule is CCCCCN1C(=O)c2ccccc2[C@@]2(C(=O)OCC)Cc3cc(OC)ccc3[C@@H]12. The molecule has 0 N–H and O–H groups in total. The van der Waals surface area contributed by atoms with Crippen molar-refractivity contribution in [3.05, 3.63) is 64.7 Å². The van der Waals surface area contributed by atoms with Crippen LogP contribution < -0.4 is 4.74 Å². The minimum absolute atomic E-state index is 0.00436. The van der Waals surface area contributed by atoms with Crippen LogP contribution in [0, 0.1) is 0 Å². The Kier molecular flexibility index (Phi) is 5.54. The van der Waals surface area contributed by atoms with E-state index in [9.17, 15) is 9.59 Å². The van der Waals surface area contributed by atoms with Crippen LogP contribution in [0.1, 0.15) is 66.2 Å². The van der Waals surface area contributed by atoms with Gasteiger partial charge in [0, 0.05) is 12.1 Å². The molecule has 1 amide bonds. The summed E-state index contributed by atoms with van der Waals surface area (Å²) in [5.74, 6) is 0.490. The van der Waals surface area contributed by atoms with Crippen molar-refractivity contribution in [2.75, 3.05) is 20.3 Å². The molecule has 158 valence electrons. The standard InChI is InChI=1S/C25H29NO4/c1-4-6-9-14-26-22-19-13-12-18(29-3)15-17(19)16-25(22,24(28)30-5-2)21-11-8-7-10-20(21)23(26)27/h7-8,10-13,15,22H,4-6,9,14,16H2,1-3H3/t22-,25+/m1/s1. The number of esters is 1. The molecule has 30 heavy (non-hydrogen) atoms. The van der Waals surface area contributed by atoms with Crippen LogP contribution >= 0.6 is 0 Å². The third kappa shape index (κ3) is 2.99. The number of fused-ring (bicyclic) bond motifs is 5. The Hall–Kier alpha value is -2.82. The van der Waals surface area contributed by atoms with Crippen molar-refractivity contribution in [3.63, 3.8) is 0 Å². The second-order valence-corrected chi connectivity index (χ2v) is 8.09. The van der Waals surface area contributed by atoms with Crippen molar-refractivity contribution < 1.29 is 19.1 Å². The molecule has 1 aliphatic heterocycles. The van der Waals surface area contributed by atoms with E-state index in [4.69, 9.17) is 9.47 Å². The number of benzene rings is 2. The first kappa shape index (κ1) is 20.5. The number of rotatable bonds is 7. The zero-order valence-electron chi connectivity index (χ0n) is 17.9. The van der Waals surface area contributed by atoms with Gasteiger partial charge in [0.2, 0.25) is 0 Å². The molecular weight excluding hydrogens is 378 g/mol. The van der Waals surface area contributed by atoms with Gasteiger partial charge in [-0.05, 0) is 54.7 Å². The number of hydrogen-bond donors (Lipinski definition) is 0. The Morgan fingerprint density at radius 3 is 2.70 bits per heavy atom. The van der Waals surface area contributed by atoms with E-state index in [-0.39, 0.29) is 17.9 Å². The molecule has 0 radical (unpaired) electrons. The summed E-state index contributed by atoms with van der Waals surface area (Å²) in [5.41, 5.74) is 2.51. The smallest absolute Gasteiger partial charge is 0.319 e. The molecule has 2 aromatic carbocycles. The lowest BCUT2D eigenvalue weighted by atomic mass is 9.69. The highest BCUT2D eigenvalue weighted by atomic mass is 16.5. The summed E-state index contributed by atoms with van der Waals surface area (Å²) < 4.78 is 11.1. The lowest BCUT2D eigenvalue weighted by Crippen LogP contribution is -2.55. The minimum atomic E-state index is -0.929. The summed E-state index contributed by atoms with van der Waals surface area (Å²) in [6, 6.07) is 13.1. The molecule has 4 rings (SSSR count). The van der Waals surface area contributed by atoms with Gasteiger partial charge in [-0.15, -0.1) is 0 Å². The Balaban J connectivity index is 1.93. The minimum Gasteiger partial charge on any atom is -0.497 e. The number of carbonyl (C=O) groups excluding carboxylic acids is 2. The van der Waals surface area contributed by atoms with Crippen LogP contribution in [0.15, 0.2) is 42.5 Å². The average Bonchev–Trinajstić information content (AvgIpc) is 3.12. The first-order valence-electron chi connectivity index (χ1n) is 10.8. The maximum absolute atomic E-state index is 13.6. The topological polar surface area (TPSA) is 55.8 Å². The van der Waals surface area contributed by atoms with E-state index in [1.54, 1.807) is 7.11 Å². The van der Waals surface area contributed by atoms with Crippen LogP contribution in [0.3, 0.4) is 0 Å². The van der Waals surface area contributed by atoms with Crippen LogP contribution in [-0.4, -0.2) is 37.0 Å². The van der Waals surface area contributed by atoms with Gasteiger partial charge in [-0.3, -0.25) is 9.59 Å². The summed E-state index contributed by atoms with van der Waals surface area (Å²) in [6.45, 7) is 4.90. The monoisotopic (exact) mass is 407 g/mol. The highest BCUT2D eigenvalue weighted by molar-refractivity contribution is 6.03. The fraction of sp³-hybridized carbons (Fsp3) is 0.440. The summed E-state index contributed by atoms with van der Waals surface area (Å²) in [6.07, 6.45) is 3.52. The van der Waals surface area contributed by atoms with Gasteiger partial charge in [-0.25, -0.2) is 0 Å². The molecule has 2 aromatic rings. The fourth-order valence-electron chi connectivity index (χ4n) is 5.11. The molecule has 0 saturated carbocycles. The maximum atomic E-state index is 13.6. The van der Waals surface area contributed by atoms with Crippen molar-refractivity contribution >= 4 is 11.9 Å². The normalized spacial score (nSPS) is 21.6. The predicted molar refractivity (Wildman–Crippen MR) is 115 cm³/mol. The zero-order valence-corrected chi connectivity index (χ0v) is 17.9. The van der Waals surface area contributed by atoms with Gasteiger partial charge in [0.05, 0.1) is 19.8 Å². The molecule has 5 heteroatoms. The third-order valence-corrected chi connectivity index (χ3v) is 6.43. The molecule has 0 unspecified atom stereocenters. The number of carbonyl (C=O) groups is 2. The first-order valence-corrected chi connectivity index (χ1v) is 10.8. The van der Waals surface area contributed by atoms with Crippen LogP contribution in [0.2, 0.25) is 0 Å². The summed E-state index contributed by atoms with van der Waals surface area (Å²) >= 11 is 0. The van der Waals surface area contributed by atoms with Gasteiger partial charge in [-0.1, -0.05) is 44.0 Å². The Bertz CT molecular complexity index is 969. The first-order chi connectivity index (χ1) is 14.6. The molecule has 0 aromatic heterocycles. The molecule has 2 aliphatic rings. The van der Waals surface area contributed by atoms with E-state index < -0.39 is 5.41 Å². The van der Waals surface area contributed by atoms with E-state index >= 15 is 0 Å². The number of hydrogen-bond acceptors (Lipinski definition) is 4. The molecule has 0 bridgehead atoms. The number of methoxy groups -OCH3 is 1. The highest BCUT2D eigenvalue weighted by Crippen LogP contribution is 2.55. The number of unbranched alkanes of at least 4 members (excludes halogenated alkanes) is 2. The van der Waals surface area contributed by atoms with Crippen molar-refractivity contribution in [2.24, 2.45) is 0 Å². The summed E-state index contributed by atoms with van der Waals surface area (Å²) in [5, 5.41) is 0. The highest BCUT2D eigenvalue weighted by Gasteiger charge is 2.60. The molecule has 0 fully saturated rings. The number of ether oxygens (including phenoxy) is 2. The molecule has 5 nitrogen and oxygen atoms in total. The van der Waals surface area contributed by atoms with Gasteiger partial charge in [0.1, 0.15) is 11.2 Å². The predicted octanol–water partition coefficient (Wildman–Crippen LogP) is 4.44. The summed E-state index contributed by atoms with van der Waals surface area (Å²) in [4.78, 5) is 29.0. The van der Waals surface area contributed by atoms with Gasteiger partial charge in [0.15, 0.2) is 0 Å². The van der Waals surface area contributed by atoms with E-state index in [0.29, 0.717) is 25.1 Å². The zero-order chi connectivity index (χ0) is 21.3. The van der Waals surface area contributed by atoms with E-state index in [1.807, 2.05) is 54.3 Å². The van der Waals surface area contributed by atoms with Crippen molar-refractivity contribution in [1.82, 2.24) is 4.90 Å². The number of nitrogens with zero attached hydrogens (tertiary/aromatic N) is 1. The van der Waals surface area contributed by atoms with Gasteiger partial charge in [-0.2, -0.15) is 0 Å². The lowest BCUT2D eigenvalue weighted by Gasteiger charge is -2.45. The lowest BCUT2D eigenvalue weighted by molar-refractivity contribution is -0.153. The fourth-order valence-corrected chi connectivity index (χ4v) is 5.11. The van der Waals surface area contributed by atoms with Crippen molar-refractivity contribution in [2.45, 2.75) is 51.0 Å². The van der Waals surface area contributed by atoms with E-state index in [1.165, 1.54) is 0 Å². The summed E-state index contributed by atoms with van der Waals surface area (Å²) in [7, 11) is 1.64. The van der Waals surface area contributed by atoms with Crippen molar-refractivity contribution in [3.8, 4) is 5.75 Å². The third-order valence-electron chi connectivity index (χ3n) is 6.43. The van der Waals surface area contributed by atoms with Crippen LogP contribution in [0.5, 0.6) is 5.75 Å². The largest absolute Gasteiger partial charge is 0.497 e. The second-order valence-electron chi connectivity index (χ2n) is 8.09. The molecule has 0 saturated heterocycles. The van der Waals surface area contributed by atoms with Crippen LogP contribution in [0.4, 0.5) is 0 Å². The van der Waals surface area contributed by atoms with Gasteiger partial charge < -0.3 is 14.4 Å². The molecule has 0 spiro atoms. The van der Waals surface area contributed by atoms with Gasteiger partial charge in [0.25, 0.3) is 5.91 Å². The van der Waals surface area contributed by atoms with Crippen LogP contribution in [0.25, 0.3) is 0 Å². The second kappa shape index (κ2) is 8.13. The van der Waals surface area contributed by atoms with Crippen LogP contribution in [-0.2, 0) is 21.4 Å². The average molecular weight is 408 g/mol. The van der Waals surface area contributed by atoms with Gasteiger partial charge >= 0.3 is 5.97 Å². The van der Waals surface area contributed by atoms with E-state index in [0.717, 1.165) is 41.7 Å². The molecule has 2 atom stereocenters. The maximum Gasteiger partial charge on any atom is 0.319 e. The Labute approximate surface area is 178 Å².